The summed E-state index contributed by atoms with van der Waals surface area (Å²) in [6.45, 7) is 8.63. The lowest BCUT2D eigenvalue weighted by atomic mass is 9.93. The van der Waals surface area contributed by atoms with Crippen molar-refractivity contribution in [3.8, 4) is 0 Å². The zero-order chi connectivity index (χ0) is 17.1. The Kier molecular flexibility index (Phi) is 5.47. The van der Waals surface area contributed by atoms with Gasteiger partial charge in [-0.2, -0.15) is 5.10 Å². The van der Waals surface area contributed by atoms with Crippen molar-refractivity contribution < 1.29 is 0 Å². The molecule has 4 nitrogen and oxygen atoms in total. The van der Waals surface area contributed by atoms with Crippen molar-refractivity contribution in [2.24, 2.45) is 13.0 Å². The Morgan fingerprint density at radius 3 is 2.17 bits per heavy atom. The first kappa shape index (κ1) is 17.5. The van der Waals surface area contributed by atoms with Gasteiger partial charge in [0.15, 0.2) is 0 Å². The van der Waals surface area contributed by atoms with Crippen molar-refractivity contribution in [2.45, 2.75) is 39.7 Å². The predicted octanol–water partition coefficient (Wildman–Crippen LogP) is 4.37. The molecule has 0 aliphatic rings. The van der Waals surface area contributed by atoms with Crippen molar-refractivity contribution in [1.29, 1.82) is 0 Å². The first-order chi connectivity index (χ1) is 10.8. The molecule has 1 heterocycles. The fourth-order valence-corrected chi connectivity index (χ4v) is 2.73. The molecule has 2 rings (SSSR count). The molecule has 0 bridgehead atoms. The molecule has 1 unspecified atom stereocenters. The van der Waals surface area contributed by atoms with Crippen LogP contribution in [0.3, 0.4) is 0 Å². The second kappa shape index (κ2) is 7.18. The normalized spacial score (nSPS) is 12.7. The van der Waals surface area contributed by atoms with Crippen LogP contribution in [-0.4, -0.2) is 9.78 Å². The lowest BCUT2D eigenvalue weighted by Crippen LogP contribution is -2.23. The summed E-state index contributed by atoms with van der Waals surface area (Å²) in [6, 6.07) is 8.63. The van der Waals surface area contributed by atoms with Gasteiger partial charge in [-0.15, -0.1) is 0 Å². The fraction of sp³-hybridized carbons (Fsp3) is 0.444. The zero-order valence-corrected chi connectivity index (χ0v) is 15.1. The van der Waals surface area contributed by atoms with E-state index >= 15 is 0 Å². The Labute approximate surface area is 142 Å². The number of hydrogen-bond donors (Lipinski definition) is 1. The minimum atomic E-state index is -0.297. The molecule has 124 valence electrons. The summed E-state index contributed by atoms with van der Waals surface area (Å²) in [7, 11) is 1.59. The van der Waals surface area contributed by atoms with Crippen LogP contribution in [0.1, 0.15) is 50.8 Å². The van der Waals surface area contributed by atoms with Crippen molar-refractivity contribution in [2.75, 3.05) is 5.32 Å². The number of halogens is 1. The smallest absolute Gasteiger partial charge is 0.287 e. The van der Waals surface area contributed by atoms with Crippen molar-refractivity contribution in [3.05, 3.63) is 57.0 Å². The molecule has 0 spiro atoms. The van der Waals surface area contributed by atoms with Gasteiger partial charge in [-0.05, 0) is 23.0 Å². The quantitative estimate of drug-likeness (QED) is 0.884. The van der Waals surface area contributed by atoms with Crippen molar-refractivity contribution >= 4 is 17.3 Å². The zero-order valence-electron chi connectivity index (χ0n) is 14.3. The molecular formula is C18H24ClN3O. The summed E-state index contributed by atoms with van der Waals surface area (Å²) in [5, 5.41) is 7.59. The van der Waals surface area contributed by atoms with Crippen molar-refractivity contribution in [3.63, 3.8) is 0 Å². The van der Waals surface area contributed by atoms with E-state index in [1.807, 2.05) is 0 Å². The Morgan fingerprint density at radius 1 is 1.09 bits per heavy atom. The van der Waals surface area contributed by atoms with Crippen LogP contribution in [0, 0.1) is 5.92 Å². The molecule has 0 amide bonds. The number of hydrogen-bond acceptors (Lipinski definition) is 3. The molecule has 1 atom stereocenters. The monoisotopic (exact) mass is 333 g/mol. The summed E-state index contributed by atoms with van der Waals surface area (Å²) in [5.41, 5.74) is 2.75. The maximum Gasteiger partial charge on any atom is 0.287 e. The van der Waals surface area contributed by atoms with E-state index in [0.29, 0.717) is 17.5 Å². The molecule has 0 aliphatic carbocycles. The van der Waals surface area contributed by atoms with Crippen LogP contribution in [0.15, 0.2) is 35.3 Å². The highest BCUT2D eigenvalue weighted by Crippen LogP contribution is 2.29. The number of aryl methyl sites for hydroxylation is 1. The van der Waals surface area contributed by atoms with Gasteiger partial charge in [0.05, 0.1) is 17.9 Å². The van der Waals surface area contributed by atoms with Gasteiger partial charge in [0, 0.05) is 7.05 Å². The molecule has 23 heavy (non-hydrogen) atoms. The number of aromatic nitrogens is 2. The lowest BCUT2D eigenvalue weighted by molar-refractivity contribution is 0.545. The third kappa shape index (κ3) is 3.94. The van der Waals surface area contributed by atoms with E-state index in [2.05, 4.69) is 62.4 Å². The van der Waals surface area contributed by atoms with Gasteiger partial charge < -0.3 is 5.32 Å². The predicted molar refractivity (Wildman–Crippen MR) is 96.2 cm³/mol. The molecule has 0 saturated heterocycles. The molecule has 0 fully saturated rings. The molecule has 0 saturated carbocycles. The highest BCUT2D eigenvalue weighted by atomic mass is 35.5. The number of anilines is 1. The third-order valence-electron chi connectivity index (χ3n) is 4.02. The summed E-state index contributed by atoms with van der Waals surface area (Å²) in [4.78, 5) is 11.9. The van der Waals surface area contributed by atoms with Gasteiger partial charge in [0.2, 0.25) is 0 Å². The van der Waals surface area contributed by atoms with Crippen molar-refractivity contribution in [1.82, 2.24) is 9.78 Å². The summed E-state index contributed by atoms with van der Waals surface area (Å²) in [5.74, 6) is 0.838. The Morgan fingerprint density at radius 2 is 1.65 bits per heavy atom. The van der Waals surface area contributed by atoms with E-state index in [4.69, 9.17) is 11.6 Å². The second-order valence-corrected chi connectivity index (χ2v) is 6.87. The largest absolute Gasteiger partial charge is 0.375 e. The SMILES string of the molecule is CC(C)c1ccc(C(Nc2cnn(C)c(=O)c2Cl)C(C)C)cc1. The van der Waals surface area contributed by atoms with E-state index < -0.39 is 0 Å². The maximum atomic E-state index is 11.9. The summed E-state index contributed by atoms with van der Waals surface area (Å²) >= 11 is 6.17. The van der Waals surface area contributed by atoms with Crippen LogP contribution >= 0.6 is 11.6 Å². The van der Waals surface area contributed by atoms with E-state index in [-0.39, 0.29) is 16.6 Å². The molecule has 0 radical (unpaired) electrons. The lowest BCUT2D eigenvalue weighted by Gasteiger charge is -2.25. The molecule has 1 N–H and O–H groups in total. The van der Waals surface area contributed by atoms with Gasteiger partial charge >= 0.3 is 0 Å². The van der Waals surface area contributed by atoms with E-state index in [1.54, 1.807) is 13.2 Å². The number of nitrogens with one attached hydrogen (secondary N) is 1. The maximum absolute atomic E-state index is 11.9. The Bertz CT molecular complexity index is 720. The topological polar surface area (TPSA) is 46.9 Å². The summed E-state index contributed by atoms with van der Waals surface area (Å²) < 4.78 is 1.23. The molecule has 5 heteroatoms. The number of benzene rings is 1. The van der Waals surface area contributed by atoms with Gasteiger partial charge in [-0.1, -0.05) is 63.6 Å². The first-order valence-electron chi connectivity index (χ1n) is 7.89. The second-order valence-electron chi connectivity index (χ2n) is 6.49. The van der Waals surface area contributed by atoms with E-state index in [9.17, 15) is 4.79 Å². The third-order valence-corrected chi connectivity index (χ3v) is 4.38. The highest BCUT2D eigenvalue weighted by Gasteiger charge is 2.18. The fourth-order valence-electron chi connectivity index (χ4n) is 2.50. The van der Waals surface area contributed by atoms with Crippen LogP contribution in [0.2, 0.25) is 5.02 Å². The minimum absolute atomic E-state index is 0.0580. The van der Waals surface area contributed by atoms with Crippen LogP contribution in [0.25, 0.3) is 0 Å². The van der Waals surface area contributed by atoms with Crippen LogP contribution < -0.4 is 10.9 Å². The standard InChI is InChI=1S/C18H24ClN3O/c1-11(2)13-6-8-14(9-7-13)17(12(3)4)21-15-10-20-22(5)18(23)16(15)19/h6-12,17,21H,1-5H3. The molecular weight excluding hydrogens is 310 g/mol. The number of nitrogens with zero attached hydrogens (tertiary/aromatic N) is 2. The average Bonchev–Trinajstić information content (AvgIpc) is 2.52. The Balaban J connectivity index is 2.33. The van der Waals surface area contributed by atoms with E-state index in [0.717, 1.165) is 0 Å². The summed E-state index contributed by atoms with van der Waals surface area (Å²) in [6.07, 6.45) is 1.60. The van der Waals surface area contributed by atoms with Gasteiger partial charge in [-0.3, -0.25) is 4.79 Å². The van der Waals surface area contributed by atoms with Gasteiger partial charge in [0.1, 0.15) is 5.02 Å². The molecule has 0 aliphatic heterocycles. The van der Waals surface area contributed by atoms with Crippen LogP contribution in [0.5, 0.6) is 0 Å². The van der Waals surface area contributed by atoms with Crippen LogP contribution in [0.4, 0.5) is 5.69 Å². The van der Waals surface area contributed by atoms with Gasteiger partial charge in [-0.25, -0.2) is 4.68 Å². The molecule has 1 aromatic carbocycles. The average molecular weight is 334 g/mol. The van der Waals surface area contributed by atoms with Gasteiger partial charge in [0.25, 0.3) is 5.56 Å². The molecule has 2 aromatic rings. The highest BCUT2D eigenvalue weighted by molar-refractivity contribution is 6.32. The number of rotatable bonds is 5. The van der Waals surface area contributed by atoms with E-state index in [1.165, 1.54) is 15.8 Å². The minimum Gasteiger partial charge on any atom is -0.375 e. The first-order valence-corrected chi connectivity index (χ1v) is 8.27. The Hall–Kier alpha value is -1.81. The molecule has 1 aromatic heterocycles. The van der Waals surface area contributed by atoms with Crippen LogP contribution in [-0.2, 0) is 7.05 Å².